The SMILES string of the molecule is O=C1CCN(Cc2ccccc2[N+](=O)[O-])C1. The molecule has 5 nitrogen and oxygen atoms in total. The fraction of sp³-hybridized carbons (Fsp3) is 0.364. The lowest BCUT2D eigenvalue weighted by Gasteiger charge is -2.13. The molecular weight excluding hydrogens is 208 g/mol. The van der Waals surface area contributed by atoms with Crippen LogP contribution >= 0.6 is 0 Å². The van der Waals surface area contributed by atoms with Gasteiger partial charge in [-0.05, 0) is 0 Å². The molecule has 1 aromatic carbocycles. The fourth-order valence-corrected chi connectivity index (χ4v) is 1.89. The van der Waals surface area contributed by atoms with E-state index in [0.717, 1.165) is 0 Å². The van der Waals surface area contributed by atoms with Crippen LogP contribution in [0, 0.1) is 10.1 Å². The maximum absolute atomic E-state index is 11.1. The quantitative estimate of drug-likeness (QED) is 0.570. The van der Waals surface area contributed by atoms with Crippen LogP contribution in [0.2, 0.25) is 0 Å². The van der Waals surface area contributed by atoms with Gasteiger partial charge in [0.1, 0.15) is 5.78 Å². The van der Waals surface area contributed by atoms with E-state index in [-0.39, 0.29) is 16.4 Å². The number of likely N-dealkylation sites (tertiary alicyclic amines) is 1. The van der Waals surface area contributed by atoms with Crippen molar-refractivity contribution in [2.75, 3.05) is 13.1 Å². The van der Waals surface area contributed by atoms with E-state index in [2.05, 4.69) is 0 Å². The van der Waals surface area contributed by atoms with Crippen LogP contribution in [-0.2, 0) is 11.3 Å². The largest absolute Gasteiger partial charge is 0.298 e. The lowest BCUT2D eigenvalue weighted by atomic mass is 10.1. The van der Waals surface area contributed by atoms with Crippen LogP contribution in [0.4, 0.5) is 5.69 Å². The van der Waals surface area contributed by atoms with E-state index in [1.54, 1.807) is 18.2 Å². The summed E-state index contributed by atoms with van der Waals surface area (Å²) in [5, 5.41) is 10.8. The van der Waals surface area contributed by atoms with Gasteiger partial charge in [-0.1, -0.05) is 18.2 Å². The first-order chi connectivity index (χ1) is 7.66. The molecule has 0 aromatic heterocycles. The Kier molecular flexibility index (Phi) is 2.96. The first-order valence-corrected chi connectivity index (χ1v) is 5.13. The number of nitro benzene ring substituents is 1. The lowest BCUT2D eigenvalue weighted by Crippen LogP contribution is -2.20. The van der Waals surface area contributed by atoms with Crippen molar-refractivity contribution in [2.24, 2.45) is 0 Å². The van der Waals surface area contributed by atoms with Crippen molar-refractivity contribution >= 4 is 11.5 Å². The fourth-order valence-electron chi connectivity index (χ4n) is 1.89. The van der Waals surface area contributed by atoms with Gasteiger partial charge in [0.25, 0.3) is 5.69 Å². The summed E-state index contributed by atoms with van der Waals surface area (Å²) >= 11 is 0. The van der Waals surface area contributed by atoms with Crippen LogP contribution in [0.3, 0.4) is 0 Å². The van der Waals surface area contributed by atoms with Crippen molar-refractivity contribution in [2.45, 2.75) is 13.0 Å². The molecule has 1 heterocycles. The molecule has 0 radical (unpaired) electrons. The lowest BCUT2D eigenvalue weighted by molar-refractivity contribution is -0.385. The molecule has 1 fully saturated rings. The average molecular weight is 220 g/mol. The molecule has 0 bridgehead atoms. The zero-order valence-electron chi connectivity index (χ0n) is 8.76. The Morgan fingerprint density at radius 2 is 2.12 bits per heavy atom. The number of para-hydroxylation sites is 1. The van der Waals surface area contributed by atoms with Crippen LogP contribution in [0.1, 0.15) is 12.0 Å². The molecule has 0 atom stereocenters. The summed E-state index contributed by atoms with van der Waals surface area (Å²) < 4.78 is 0. The van der Waals surface area contributed by atoms with Gasteiger partial charge in [-0.25, -0.2) is 0 Å². The maximum Gasteiger partial charge on any atom is 0.273 e. The minimum absolute atomic E-state index is 0.127. The molecule has 1 aromatic rings. The molecule has 1 aliphatic rings. The van der Waals surface area contributed by atoms with Crippen LogP contribution in [0.5, 0.6) is 0 Å². The monoisotopic (exact) mass is 220 g/mol. The van der Waals surface area contributed by atoms with E-state index < -0.39 is 0 Å². The number of hydrogen-bond acceptors (Lipinski definition) is 4. The summed E-state index contributed by atoms with van der Waals surface area (Å²) in [5.41, 5.74) is 0.795. The van der Waals surface area contributed by atoms with Gasteiger partial charge in [-0.3, -0.25) is 19.8 Å². The molecule has 2 rings (SSSR count). The smallest absolute Gasteiger partial charge is 0.273 e. The van der Waals surface area contributed by atoms with Crippen molar-refractivity contribution in [3.05, 3.63) is 39.9 Å². The van der Waals surface area contributed by atoms with Crippen LogP contribution in [0.25, 0.3) is 0 Å². The molecule has 84 valence electrons. The normalized spacial score (nSPS) is 16.6. The van der Waals surface area contributed by atoms with E-state index >= 15 is 0 Å². The number of ketones is 1. The van der Waals surface area contributed by atoms with E-state index in [9.17, 15) is 14.9 Å². The second-order valence-corrected chi connectivity index (χ2v) is 3.89. The third kappa shape index (κ3) is 2.25. The molecule has 0 unspecified atom stereocenters. The number of rotatable bonds is 3. The molecule has 1 saturated heterocycles. The first kappa shape index (κ1) is 10.8. The highest BCUT2D eigenvalue weighted by Gasteiger charge is 2.22. The van der Waals surface area contributed by atoms with Gasteiger partial charge >= 0.3 is 0 Å². The molecule has 0 N–H and O–H groups in total. The number of nitrogens with zero attached hydrogens (tertiary/aromatic N) is 2. The van der Waals surface area contributed by atoms with Gasteiger partial charge in [-0.15, -0.1) is 0 Å². The Bertz CT molecular complexity index is 431. The number of Topliss-reactive ketones (excluding diaryl/α,β-unsaturated/α-hetero) is 1. The highest BCUT2D eigenvalue weighted by Crippen LogP contribution is 2.20. The molecule has 0 aliphatic carbocycles. The van der Waals surface area contributed by atoms with Crippen molar-refractivity contribution in [1.29, 1.82) is 0 Å². The Morgan fingerprint density at radius 1 is 1.38 bits per heavy atom. The predicted molar refractivity (Wildman–Crippen MR) is 58.0 cm³/mol. The summed E-state index contributed by atoms with van der Waals surface area (Å²) in [5.74, 6) is 0.207. The Labute approximate surface area is 92.8 Å². The maximum atomic E-state index is 11.1. The van der Waals surface area contributed by atoms with Gasteiger partial charge in [0.05, 0.1) is 11.5 Å². The number of carbonyl (C=O) groups is 1. The standard InChI is InChI=1S/C11H12N2O3/c14-10-5-6-12(8-10)7-9-3-1-2-4-11(9)13(15)16/h1-4H,5-8H2. The number of nitro groups is 1. The van der Waals surface area contributed by atoms with E-state index in [0.29, 0.717) is 31.6 Å². The Morgan fingerprint density at radius 3 is 2.75 bits per heavy atom. The van der Waals surface area contributed by atoms with Gasteiger partial charge in [0, 0.05) is 31.1 Å². The molecular formula is C11H12N2O3. The van der Waals surface area contributed by atoms with Gasteiger partial charge in [0.2, 0.25) is 0 Å². The zero-order valence-corrected chi connectivity index (χ0v) is 8.76. The predicted octanol–water partition coefficient (Wildman–Crippen LogP) is 1.37. The number of carbonyl (C=O) groups excluding carboxylic acids is 1. The summed E-state index contributed by atoms with van der Waals surface area (Å²) in [6.07, 6.45) is 0.556. The molecule has 1 aliphatic heterocycles. The minimum Gasteiger partial charge on any atom is -0.298 e. The Balaban J connectivity index is 2.14. The van der Waals surface area contributed by atoms with Gasteiger partial charge in [-0.2, -0.15) is 0 Å². The number of benzene rings is 1. The summed E-state index contributed by atoms with van der Waals surface area (Å²) in [7, 11) is 0. The van der Waals surface area contributed by atoms with Gasteiger partial charge in [0.15, 0.2) is 0 Å². The Hall–Kier alpha value is -1.75. The third-order valence-electron chi connectivity index (χ3n) is 2.69. The van der Waals surface area contributed by atoms with Crippen LogP contribution in [-0.4, -0.2) is 28.7 Å². The topological polar surface area (TPSA) is 63.5 Å². The van der Waals surface area contributed by atoms with Crippen molar-refractivity contribution < 1.29 is 9.72 Å². The molecule has 0 spiro atoms. The highest BCUT2D eigenvalue weighted by molar-refractivity contribution is 5.82. The van der Waals surface area contributed by atoms with E-state index in [1.807, 2.05) is 4.90 Å². The van der Waals surface area contributed by atoms with E-state index in [1.165, 1.54) is 6.07 Å². The minimum atomic E-state index is -0.382. The molecule has 0 amide bonds. The first-order valence-electron chi connectivity index (χ1n) is 5.13. The molecule has 16 heavy (non-hydrogen) atoms. The van der Waals surface area contributed by atoms with E-state index in [4.69, 9.17) is 0 Å². The van der Waals surface area contributed by atoms with Crippen molar-refractivity contribution in [3.8, 4) is 0 Å². The summed E-state index contributed by atoms with van der Waals surface area (Å²) in [6.45, 7) is 1.58. The van der Waals surface area contributed by atoms with Crippen molar-refractivity contribution in [1.82, 2.24) is 4.90 Å². The molecule has 5 heteroatoms. The third-order valence-corrected chi connectivity index (χ3v) is 2.69. The van der Waals surface area contributed by atoms with Crippen molar-refractivity contribution in [3.63, 3.8) is 0 Å². The van der Waals surface area contributed by atoms with Crippen LogP contribution in [0.15, 0.2) is 24.3 Å². The highest BCUT2D eigenvalue weighted by atomic mass is 16.6. The van der Waals surface area contributed by atoms with Crippen LogP contribution < -0.4 is 0 Å². The second kappa shape index (κ2) is 4.40. The zero-order chi connectivity index (χ0) is 11.5. The second-order valence-electron chi connectivity index (χ2n) is 3.89. The summed E-state index contributed by atoms with van der Waals surface area (Å²) in [4.78, 5) is 23.4. The summed E-state index contributed by atoms with van der Waals surface area (Å²) in [6, 6.07) is 6.66. The average Bonchev–Trinajstić information content (AvgIpc) is 2.64. The molecule has 0 saturated carbocycles. The number of hydrogen-bond donors (Lipinski definition) is 0. The van der Waals surface area contributed by atoms with Gasteiger partial charge < -0.3 is 0 Å².